The van der Waals surface area contributed by atoms with Gasteiger partial charge in [-0.05, 0) is 20.3 Å². The molecule has 0 unspecified atom stereocenters. The topological polar surface area (TPSA) is 36.4 Å². The second-order valence-corrected chi connectivity index (χ2v) is 4.34. The lowest BCUT2D eigenvalue weighted by molar-refractivity contribution is 0.183. The van der Waals surface area contributed by atoms with Crippen LogP contribution in [0.1, 0.15) is 26.0 Å². The number of nitrogens with zero attached hydrogens (tertiary/aromatic N) is 2. The van der Waals surface area contributed by atoms with Crippen LogP contribution < -0.4 is 0 Å². The van der Waals surface area contributed by atoms with Crippen LogP contribution in [0.2, 0.25) is 0 Å². The molecule has 3 nitrogen and oxygen atoms in total. The molecule has 0 atom stereocenters. The molecule has 80 valence electrons. The summed E-state index contributed by atoms with van der Waals surface area (Å²) in [6, 6.07) is 0.503. The van der Waals surface area contributed by atoms with Gasteiger partial charge in [-0.25, -0.2) is 4.98 Å². The average Bonchev–Trinajstić information content (AvgIpc) is 2.64. The van der Waals surface area contributed by atoms with Crippen molar-refractivity contribution in [1.82, 2.24) is 9.88 Å². The maximum Gasteiger partial charge on any atom is 0.0795 e. The molecule has 0 bridgehead atoms. The van der Waals surface area contributed by atoms with E-state index < -0.39 is 0 Å². The summed E-state index contributed by atoms with van der Waals surface area (Å²) < 4.78 is 0. The van der Waals surface area contributed by atoms with E-state index in [1.807, 2.05) is 5.51 Å². The van der Waals surface area contributed by atoms with E-state index in [1.165, 1.54) is 0 Å². The predicted octanol–water partition coefficient (Wildman–Crippen LogP) is 1.74. The fourth-order valence-corrected chi connectivity index (χ4v) is 1.87. The molecule has 14 heavy (non-hydrogen) atoms. The third kappa shape index (κ3) is 3.74. The third-order valence-corrected chi connectivity index (χ3v) is 2.82. The van der Waals surface area contributed by atoms with Crippen LogP contribution in [0.3, 0.4) is 0 Å². The summed E-state index contributed by atoms with van der Waals surface area (Å²) in [5.41, 5.74) is 2.99. The molecular formula is C10H18N2OS. The molecule has 0 fully saturated rings. The van der Waals surface area contributed by atoms with Gasteiger partial charge in [0.05, 0.1) is 11.2 Å². The maximum absolute atomic E-state index is 8.78. The summed E-state index contributed by atoms with van der Waals surface area (Å²) in [6.07, 6.45) is 0.836. The Hall–Kier alpha value is -0.450. The molecule has 0 aromatic carbocycles. The first kappa shape index (κ1) is 11.6. The van der Waals surface area contributed by atoms with Gasteiger partial charge >= 0.3 is 0 Å². The second-order valence-electron chi connectivity index (χ2n) is 3.62. The van der Waals surface area contributed by atoms with Crippen molar-refractivity contribution in [2.24, 2.45) is 0 Å². The number of aliphatic hydroxyl groups is 1. The van der Waals surface area contributed by atoms with E-state index in [1.54, 1.807) is 11.3 Å². The first-order valence-corrected chi connectivity index (χ1v) is 5.90. The number of hydrogen-bond acceptors (Lipinski definition) is 4. The lowest BCUT2D eigenvalue weighted by Crippen LogP contribution is -2.31. The van der Waals surface area contributed by atoms with Crippen LogP contribution in [0.4, 0.5) is 0 Å². The molecule has 1 aromatic heterocycles. The van der Waals surface area contributed by atoms with Crippen LogP contribution >= 0.6 is 11.3 Å². The molecule has 0 aliphatic carbocycles. The Kier molecular flexibility index (Phi) is 5.07. The van der Waals surface area contributed by atoms with Gasteiger partial charge in [0.15, 0.2) is 0 Å². The SMILES string of the molecule is CC(C)N(CCCO)Cc1cscn1. The molecule has 1 heterocycles. The van der Waals surface area contributed by atoms with Gasteiger partial charge in [-0.2, -0.15) is 0 Å². The molecule has 0 amide bonds. The molecule has 0 saturated heterocycles. The first-order chi connectivity index (χ1) is 6.74. The van der Waals surface area contributed by atoms with Crippen LogP contribution in [-0.4, -0.2) is 34.2 Å². The van der Waals surface area contributed by atoms with Crippen LogP contribution in [-0.2, 0) is 6.54 Å². The second kappa shape index (κ2) is 6.11. The zero-order valence-electron chi connectivity index (χ0n) is 8.81. The maximum atomic E-state index is 8.78. The molecule has 0 saturated carbocycles. The van der Waals surface area contributed by atoms with E-state index in [4.69, 9.17) is 5.11 Å². The monoisotopic (exact) mass is 214 g/mol. The number of thiazole rings is 1. The lowest BCUT2D eigenvalue weighted by atomic mass is 10.2. The van der Waals surface area contributed by atoms with Gasteiger partial charge < -0.3 is 5.11 Å². The standard InChI is InChI=1S/C10H18N2OS/c1-9(2)12(4-3-5-13)6-10-7-14-8-11-10/h7-9,13H,3-6H2,1-2H3. The highest BCUT2D eigenvalue weighted by atomic mass is 32.1. The minimum atomic E-state index is 0.264. The molecular weight excluding hydrogens is 196 g/mol. The Bertz CT molecular complexity index is 236. The molecule has 0 aliphatic heterocycles. The van der Waals surface area contributed by atoms with Crippen molar-refractivity contribution in [1.29, 1.82) is 0 Å². The third-order valence-electron chi connectivity index (χ3n) is 2.18. The molecule has 1 N–H and O–H groups in total. The van der Waals surface area contributed by atoms with Gasteiger partial charge in [0, 0.05) is 31.1 Å². The summed E-state index contributed by atoms with van der Waals surface area (Å²) in [5.74, 6) is 0. The van der Waals surface area contributed by atoms with E-state index in [0.29, 0.717) is 6.04 Å². The summed E-state index contributed by atoms with van der Waals surface area (Å²) in [7, 11) is 0. The summed E-state index contributed by atoms with van der Waals surface area (Å²) >= 11 is 1.63. The van der Waals surface area contributed by atoms with Crippen molar-refractivity contribution in [3.63, 3.8) is 0 Å². The number of aliphatic hydroxyl groups excluding tert-OH is 1. The van der Waals surface area contributed by atoms with E-state index in [-0.39, 0.29) is 6.61 Å². The molecule has 0 aliphatic rings. The summed E-state index contributed by atoms with van der Waals surface area (Å²) in [6.45, 7) is 6.43. The van der Waals surface area contributed by atoms with Crippen LogP contribution in [0.25, 0.3) is 0 Å². The van der Waals surface area contributed by atoms with Gasteiger partial charge in [0.25, 0.3) is 0 Å². The van der Waals surface area contributed by atoms with Crippen LogP contribution in [0.5, 0.6) is 0 Å². The van der Waals surface area contributed by atoms with Gasteiger partial charge in [0.2, 0.25) is 0 Å². The Morgan fingerprint density at radius 1 is 1.57 bits per heavy atom. The Morgan fingerprint density at radius 2 is 2.36 bits per heavy atom. The van der Waals surface area contributed by atoms with E-state index in [0.717, 1.165) is 25.2 Å². The van der Waals surface area contributed by atoms with Crippen molar-refractivity contribution in [2.45, 2.75) is 32.9 Å². The fraction of sp³-hybridized carbons (Fsp3) is 0.700. The lowest BCUT2D eigenvalue weighted by Gasteiger charge is -2.25. The number of aromatic nitrogens is 1. The Morgan fingerprint density at radius 3 is 2.86 bits per heavy atom. The highest BCUT2D eigenvalue weighted by molar-refractivity contribution is 7.07. The van der Waals surface area contributed by atoms with Gasteiger partial charge in [-0.1, -0.05) is 0 Å². The highest BCUT2D eigenvalue weighted by Crippen LogP contribution is 2.08. The van der Waals surface area contributed by atoms with Crippen molar-refractivity contribution < 1.29 is 5.11 Å². The van der Waals surface area contributed by atoms with Crippen molar-refractivity contribution in [2.75, 3.05) is 13.2 Å². The minimum absolute atomic E-state index is 0.264. The Balaban J connectivity index is 2.43. The van der Waals surface area contributed by atoms with Crippen LogP contribution in [0.15, 0.2) is 10.9 Å². The molecule has 1 rings (SSSR count). The summed E-state index contributed by atoms with van der Waals surface area (Å²) in [4.78, 5) is 6.59. The average molecular weight is 214 g/mol. The smallest absolute Gasteiger partial charge is 0.0795 e. The minimum Gasteiger partial charge on any atom is -0.396 e. The van der Waals surface area contributed by atoms with Crippen LogP contribution in [0, 0.1) is 0 Å². The van der Waals surface area contributed by atoms with E-state index in [2.05, 4.69) is 29.1 Å². The van der Waals surface area contributed by atoms with E-state index in [9.17, 15) is 0 Å². The number of rotatable bonds is 6. The van der Waals surface area contributed by atoms with Crippen molar-refractivity contribution >= 4 is 11.3 Å². The highest BCUT2D eigenvalue weighted by Gasteiger charge is 2.10. The van der Waals surface area contributed by atoms with Gasteiger partial charge in [-0.15, -0.1) is 11.3 Å². The zero-order valence-corrected chi connectivity index (χ0v) is 9.63. The Labute approximate surface area is 89.4 Å². The summed E-state index contributed by atoms with van der Waals surface area (Å²) in [5, 5.41) is 10.9. The zero-order chi connectivity index (χ0) is 10.4. The molecule has 0 radical (unpaired) electrons. The molecule has 0 spiro atoms. The predicted molar refractivity (Wildman–Crippen MR) is 59.4 cm³/mol. The number of hydrogen-bond donors (Lipinski definition) is 1. The normalized spacial score (nSPS) is 11.5. The van der Waals surface area contributed by atoms with E-state index >= 15 is 0 Å². The largest absolute Gasteiger partial charge is 0.396 e. The molecule has 1 aromatic rings. The van der Waals surface area contributed by atoms with Gasteiger partial charge in [-0.3, -0.25) is 4.90 Å². The van der Waals surface area contributed by atoms with Gasteiger partial charge in [0.1, 0.15) is 0 Å². The quantitative estimate of drug-likeness (QED) is 0.783. The first-order valence-electron chi connectivity index (χ1n) is 4.96. The fourth-order valence-electron chi connectivity index (χ4n) is 1.32. The molecule has 4 heteroatoms. The van der Waals surface area contributed by atoms with Crippen molar-refractivity contribution in [3.05, 3.63) is 16.6 Å². The van der Waals surface area contributed by atoms with Crippen molar-refractivity contribution in [3.8, 4) is 0 Å².